The van der Waals surface area contributed by atoms with E-state index in [2.05, 4.69) is 6.92 Å². The van der Waals surface area contributed by atoms with Crippen molar-refractivity contribution in [1.82, 2.24) is 9.80 Å². The number of nitrogens with zero attached hydrogens (tertiary/aromatic N) is 2. The van der Waals surface area contributed by atoms with E-state index in [0.29, 0.717) is 6.42 Å². The zero-order chi connectivity index (χ0) is 14.4. The van der Waals surface area contributed by atoms with Crippen LogP contribution in [0.15, 0.2) is 0 Å². The number of rotatable bonds is 5. The van der Waals surface area contributed by atoms with Gasteiger partial charge in [0.05, 0.1) is 0 Å². The number of likely N-dealkylation sites (tertiary alicyclic amines) is 1. The van der Waals surface area contributed by atoms with Crippen LogP contribution in [-0.4, -0.2) is 53.1 Å². The van der Waals surface area contributed by atoms with Crippen LogP contribution < -0.4 is 0 Å². The fourth-order valence-corrected chi connectivity index (χ4v) is 2.79. The Morgan fingerprint density at radius 2 is 1.89 bits per heavy atom. The average Bonchev–Trinajstić information content (AvgIpc) is 2.39. The molecule has 110 valence electrons. The second-order valence-electron chi connectivity index (χ2n) is 5.37. The smallest absolute Gasteiger partial charge is 0.326 e. The van der Waals surface area contributed by atoms with Crippen LogP contribution in [0.4, 0.5) is 4.79 Å². The molecule has 0 aromatic heterocycles. The number of carboxylic acids is 1. The lowest BCUT2D eigenvalue weighted by Gasteiger charge is -2.36. The van der Waals surface area contributed by atoms with E-state index in [1.165, 1.54) is 17.7 Å². The Bertz CT molecular complexity index is 312. The number of carboxylic acid groups (broad SMARTS) is 1. The molecule has 1 heterocycles. The first-order chi connectivity index (χ1) is 9.01. The van der Waals surface area contributed by atoms with E-state index in [9.17, 15) is 9.59 Å². The maximum atomic E-state index is 12.3. The van der Waals surface area contributed by atoms with Gasteiger partial charge in [-0.15, -0.1) is 0 Å². The standard InChI is InChI=1S/C14H26N2O3/c1-4-6-11-7-9-16(10-8-11)14(19)15(3)12(5-2)13(17)18/h11-12H,4-10H2,1-3H3,(H,17,18). The summed E-state index contributed by atoms with van der Waals surface area (Å²) >= 11 is 0. The molecule has 1 aliphatic heterocycles. The third-order valence-electron chi connectivity index (χ3n) is 4.02. The van der Waals surface area contributed by atoms with Crippen molar-refractivity contribution in [2.75, 3.05) is 20.1 Å². The van der Waals surface area contributed by atoms with E-state index in [0.717, 1.165) is 31.8 Å². The van der Waals surface area contributed by atoms with Gasteiger partial charge in [0.15, 0.2) is 0 Å². The van der Waals surface area contributed by atoms with E-state index in [1.54, 1.807) is 18.9 Å². The molecule has 19 heavy (non-hydrogen) atoms. The molecule has 1 atom stereocenters. The summed E-state index contributed by atoms with van der Waals surface area (Å²) in [4.78, 5) is 26.5. The first-order valence-corrected chi connectivity index (χ1v) is 7.25. The molecule has 0 aliphatic carbocycles. The number of carbonyl (C=O) groups is 2. The highest BCUT2D eigenvalue weighted by molar-refractivity contribution is 5.82. The maximum Gasteiger partial charge on any atom is 0.326 e. The van der Waals surface area contributed by atoms with Crippen molar-refractivity contribution in [3.63, 3.8) is 0 Å². The predicted molar refractivity (Wildman–Crippen MR) is 74.1 cm³/mol. The van der Waals surface area contributed by atoms with Gasteiger partial charge in [-0.2, -0.15) is 0 Å². The second kappa shape index (κ2) is 7.36. The molecule has 1 saturated heterocycles. The SMILES string of the molecule is CCCC1CCN(C(=O)N(C)C(CC)C(=O)O)CC1. The van der Waals surface area contributed by atoms with Gasteiger partial charge in [0.1, 0.15) is 6.04 Å². The quantitative estimate of drug-likeness (QED) is 0.834. The zero-order valence-electron chi connectivity index (χ0n) is 12.3. The Labute approximate surface area is 115 Å². The Kier molecular flexibility index (Phi) is 6.12. The van der Waals surface area contributed by atoms with Gasteiger partial charge in [0.2, 0.25) is 0 Å². The topological polar surface area (TPSA) is 60.9 Å². The number of likely N-dealkylation sites (N-methyl/N-ethyl adjacent to an activating group) is 1. The van der Waals surface area contributed by atoms with Crippen LogP contribution in [0.1, 0.15) is 46.0 Å². The summed E-state index contributed by atoms with van der Waals surface area (Å²) in [5.74, 6) is -0.208. The molecule has 0 aromatic rings. The normalized spacial score (nSPS) is 18.2. The van der Waals surface area contributed by atoms with Crippen LogP contribution in [-0.2, 0) is 4.79 Å². The van der Waals surface area contributed by atoms with E-state index >= 15 is 0 Å². The van der Waals surface area contributed by atoms with Crippen molar-refractivity contribution in [2.45, 2.75) is 52.0 Å². The van der Waals surface area contributed by atoms with Crippen molar-refractivity contribution in [3.05, 3.63) is 0 Å². The van der Waals surface area contributed by atoms with E-state index in [4.69, 9.17) is 5.11 Å². The molecule has 0 spiro atoms. The van der Waals surface area contributed by atoms with Crippen LogP contribution in [0.25, 0.3) is 0 Å². The van der Waals surface area contributed by atoms with E-state index in [-0.39, 0.29) is 6.03 Å². The number of aliphatic carboxylic acids is 1. The van der Waals surface area contributed by atoms with Crippen LogP contribution in [0, 0.1) is 5.92 Å². The lowest BCUT2D eigenvalue weighted by atomic mass is 9.93. The molecule has 1 unspecified atom stereocenters. The van der Waals surface area contributed by atoms with Gasteiger partial charge in [-0.25, -0.2) is 9.59 Å². The van der Waals surface area contributed by atoms with Crippen LogP contribution >= 0.6 is 0 Å². The molecule has 1 rings (SSSR count). The lowest BCUT2D eigenvalue weighted by Crippen LogP contribution is -2.50. The molecular weight excluding hydrogens is 244 g/mol. The summed E-state index contributed by atoms with van der Waals surface area (Å²) in [5, 5.41) is 9.09. The van der Waals surface area contributed by atoms with Gasteiger partial charge >= 0.3 is 12.0 Å². The fraction of sp³-hybridized carbons (Fsp3) is 0.857. The van der Waals surface area contributed by atoms with Crippen molar-refractivity contribution < 1.29 is 14.7 Å². The minimum absolute atomic E-state index is 0.149. The number of carbonyl (C=O) groups excluding carboxylic acids is 1. The number of piperidine rings is 1. The average molecular weight is 270 g/mol. The Hall–Kier alpha value is -1.26. The van der Waals surface area contributed by atoms with Crippen LogP contribution in [0.3, 0.4) is 0 Å². The summed E-state index contributed by atoms with van der Waals surface area (Å²) in [6.07, 6.45) is 4.93. The van der Waals surface area contributed by atoms with Gasteiger partial charge in [0.25, 0.3) is 0 Å². The fourth-order valence-electron chi connectivity index (χ4n) is 2.79. The van der Waals surface area contributed by atoms with Crippen molar-refractivity contribution in [3.8, 4) is 0 Å². The van der Waals surface area contributed by atoms with Crippen LogP contribution in [0.2, 0.25) is 0 Å². The summed E-state index contributed by atoms with van der Waals surface area (Å²) in [7, 11) is 1.59. The third-order valence-corrected chi connectivity index (χ3v) is 4.02. The van der Waals surface area contributed by atoms with Crippen molar-refractivity contribution in [1.29, 1.82) is 0 Å². The molecule has 0 bridgehead atoms. The Balaban J connectivity index is 2.52. The first-order valence-electron chi connectivity index (χ1n) is 7.25. The molecule has 5 heteroatoms. The molecule has 2 amide bonds. The molecule has 1 N–H and O–H groups in total. The zero-order valence-corrected chi connectivity index (χ0v) is 12.3. The summed E-state index contributed by atoms with van der Waals surface area (Å²) < 4.78 is 0. The summed E-state index contributed by atoms with van der Waals surface area (Å²) in [6, 6.07) is -0.870. The summed E-state index contributed by atoms with van der Waals surface area (Å²) in [6.45, 7) is 5.48. The molecule has 1 aliphatic rings. The molecule has 0 aromatic carbocycles. The lowest BCUT2D eigenvalue weighted by molar-refractivity contribution is -0.142. The minimum atomic E-state index is -0.931. The monoisotopic (exact) mass is 270 g/mol. The molecule has 0 radical (unpaired) electrons. The number of urea groups is 1. The number of hydrogen-bond acceptors (Lipinski definition) is 2. The van der Waals surface area contributed by atoms with Crippen molar-refractivity contribution in [2.24, 2.45) is 5.92 Å². The third kappa shape index (κ3) is 4.11. The van der Waals surface area contributed by atoms with E-state index < -0.39 is 12.0 Å². The Morgan fingerprint density at radius 3 is 2.32 bits per heavy atom. The molecular formula is C14H26N2O3. The van der Waals surface area contributed by atoms with Gasteiger partial charge in [0, 0.05) is 20.1 Å². The van der Waals surface area contributed by atoms with Gasteiger partial charge in [-0.1, -0.05) is 26.7 Å². The molecule has 1 fully saturated rings. The largest absolute Gasteiger partial charge is 0.480 e. The number of hydrogen-bond donors (Lipinski definition) is 1. The second-order valence-corrected chi connectivity index (χ2v) is 5.37. The molecule has 5 nitrogen and oxygen atoms in total. The first kappa shape index (κ1) is 15.8. The summed E-state index contributed by atoms with van der Waals surface area (Å²) in [5.41, 5.74) is 0. The van der Waals surface area contributed by atoms with Crippen LogP contribution in [0.5, 0.6) is 0 Å². The predicted octanol–water partition coefficient (Wildman–Crippen LogP) is 2.41. The molecule has 0 saturated carbocycles. The highest BCUT2D eigenvalue weighted by Crippen LogP contribution is 2.22. The van der Waals surface area contributed by atoms with E-state index in [1.807, 2.05) is 0 Å². The minimum Gasteiger partial charge on any atom is -0.480 e. The van der Waals surface area contributed by atoms with Gasteiger partial charge < -0.3 is 14.9 Å². The van der Waals surface area contributed by atoms with Gasteiger partial charge in [-0.3, -0.25) is 0 Å². The maximum absolute atomic E-state index is 12.3. The van der Waals surface area contributed by atoms with Crippen molar-refractivity contribution >= 4 is 12.0 Å². The number of amides is 2. The Morgan fingerprint density at radius 1 is 1.32 bits per heavy atom. The van der Waals surface area contributed by atoms with Gasteiger partial charge in [-0.05, 0) is 25.2 Å². The highest BCUT2D eigenvalue weighted by Gasteiger charge is 2.30. The highest BCUT2D eigenvalue weighted by atomic mass is 16.4.